The van der Waals surface area contributed by atoms with Crippen molar-refractivity contribution in [2.24, 2.45) is 28.3 Å². The highest BCUT2D eigenvalue weighted by Gasteiger charge is 2.55. The lowest BCUT2D eigenvalue weighted by molar-refractivity contribution is -0.0534. The van der Waals surface area contributed by atoms with Crippen LogP contribution < -0.4 is 0 Å². The van der Waals surface area contributed by atoms with Gasteiger partial charge in [-0.15, -0.1) is 0 Å². The molecule has 0 heterocycles. The summed E-state index contributed by atoms with van der Waals surface area (Å²) in [5, 5.41) is 12.1. The van der Waals surface area contributed by atoms with Gasteiger partial charge < -0.3 is 5.21 Å². The first-order valence-electron chi connectivity index (χ1n) is 4.78. The van der Waals surface area contributed by atoms with Crippen LogP contribution in [0, 0.1) is 23.2 Å². The standard InChI is InChI=1S/C10H17NO/c1-6-8-4-7(10(8,2)3)5-9(6)11-12/h6-8,12H,4-5H2,1-3H3/b11-9+/t6-,7+,8-/m1/s1. The van der Waals surface area contributed by atoms with Crippen LogP contribution in [0.4, 0.5) is 0 Å². The topological polar surface area (TPSA) is 32.6 Å². The highest BCUT2D eigenvalue weighted by Crippen LogP contribution is 2.60. The fraction of sp³-hybridized carbons (Fsp3) is 0.900. The molecule has 0 radical (unpaired) electrons. The van der Waals surface area contributed by atoms with E-state index in [0.717, 1.165) is 24.0 Å². The van der Waals surface area contributed by atoms with Crippen molar-refractivity contribution in [3.05, 3.63) is 0 Å². The minimum absolute atomic E-state index is 0.494. The maximum absolute atomic E-state index is 8.76. The molecule has 0 aliphatic heterocycles. The molecule has 2 nitrogen and oxygen atoms in total. The number of hydrogen-bond acceptors (Lipinski definition) is 2. The molecule has 0 saturated heterocycles. The molecule has 0 amide bonds. The summed E-state index contributed by atoms with van der Waals surface area (Å²) in [5.41, 5.74) is 1.52. The van der Waals surface area contributed by atoms with Crippen molar-refractivity contribution in [2.45, 2.75) is 33.6 Å². The molecule has 3 atom stereocenters. The van der Waals surface area contributed by atoms with Crippen LogP contribution in [0.3, 0.4) is 0 Å². The van der Waals surface area contributed by atoms with Crippen LogP contribution >= 0.6 is 0 Å². The van der Waals surface area contributed by atoms with Crippen LogP contribution in [-0.4, -0.2) is 10.9 Å². The lowest BCUT2D eigenvalue weighted by Crippen LogP contribution is -2.55. The molecule has 3 fully saturated rings. The minimum atomic E-state index is 0.494. The van der Waals surface area contributed by atoms with Gasteiger partial charge in [-0.25, -0.2) is 0 Å². The molecule has 1 N–H and O–H groups in total. The summed E-state index contributed by atoms with van der Waals surface area (Å²) >= 11 is 0. The highest BCUT2D eigenvalue weighted by atomic mass is 16.4. The summed E-state index contributed by atoms with van der Waals surface area (Å²) in [5.74, 6) is 2.02. The molecule has 2 bridgehead atoms. The van der Waals surface area contributed by atoms with Gasteiger partial charge in [0.2, 0.25) is 0 Å². The zero-order chi connectivity index (χ0) is 8.93. The summed E-state index contributed by atoms with van der Waals surface area (Å²) in [6.45, 7) is 6.88. The van der Waals surface area contributed by atoms with Gasteiger partial charge in [0.15, 0.2) is 0 Å². The Bertz CT molecular complexity index is 232. The maximum atomic E-state index is 8.76. The van der Waals surface area contributed by atoms with Gasteiger partial charge >= 0.3 is 0 Å². The van der Waals surface area contributed by atoms with Crippen molar-refractivity contribution < 1.29 is 5.21 Å². The molecule has 2 heteroatoms. The van der Waals surface area contributed by atoms with E-state index < -0.39 is 0 Å². The fourth-order valence-electron chi connectivity index (χ4n) is 3.05. The van der Waals surface area contributed by atoms with Crippen molar-refractivity contribution >= 4 is 5.71 Å². The monoisotopic (exact) mass is 167 g/mol. The predicted octanol–water partition coefficient (Wildman–Crippen LogP) is 2.52. The average Bonchev–Trinajstić information content (AvgIpc) is 2.03. The van der Waals surface area contributed by atoms with Crippen molar-refractivity contribution in [2.75, 3.05) is 0 Å². The second kappa shape index (κ2) is 2.24. The smallest absolute Gasteiger partial charge is 0.0604 e. The lowest BCUT2D eigenvalue weighted by Gasteiger charge is -2.59. The van der Waals surface area contributed by atoms with Gasteiger partial charge in [-0.05, 0) is 30.1 Å². The Kier molecular flexibility index (Phi) is 1.51. The molecular weight excluding hydrogens is 150 g/mol. The molecule has 68 valence electrons. The third-order valence-electron chi connectivity index (χ3n) is 4.26. The van der Waals surface area contributed by atoms with Crippen molar-refractivity contribution in [1.82, 2.24) is 0 Å². The Balaban J connectivity index is 2.22. The molecule has 3 rings (SSSR count). The van der Waals surface area contributed by atoms with Gasteiger partial charge in [0, 0.05) is 5.92 Å². The van der Waals surface area contributed by atoms with E-state index in [1.165, 1.54) is 6.42 Å². The van der Waals surface area contributed by atoms with Crippen molar-refractivity contribution in [1.29, 1.82) is 0 Å². The largest absolute Gasteiger partial charge is 0.411 e. The van der Waals surface area contributed by atoms with E-state index in [0.29, 0.717) is 11.3 Å². The number of nitrogens with zero attached hydrogens (tertiary/aromatic N) is 1. The second-order valence-electron chi connectivity index (χ2n) is 4.94. The SMILES string of the molecule is C[C@H]1/C(=N/O)C[C@@H]2C[C@H]1C2(C)C. The van der Waals surface area contributed by atoms with Crippen LogP contribution in [0.5, 0.6) is 0 Å². The number of oxime groups is 1. The molecule has 0 unspecified atom stereocenters. The molecule has 3 saturated carbocycles. The number of fused-ring (bicyclic) bond motifs is 2. The highest BCUT2D eigenvalue weighted by molar-refractivity contribution is 5.88. The van der Waals surface area contributed by atoms with Gasteiger partial charge in [-0.3, -0.25) is 0 Å². The normalized spacial score (nSPS) is 47.2. The van der Waals surface area contributed by atoms with E-state index >= 15 is 0 Å². The van der Waals surface area contributed by atoms with Crippen LogP contribution in [0.25, 0.3) is 0 Å². The van der Waals surface area contributed by atoms with Gasteiger partial charge in [0.05, 0.1) is 5.71 Å². The van der Waals surface area contributed by atoms with Crippen molar-refractivity contribution in [3.63, 3.8) is 0 Å². The quantitative estimate of drug-likeness (QED) is 0.436. The van der Waals surface area contributed by atoms with Crippen LogP contribution in [0.15, 0.2) is 5.16 Å². The third kappa shape index (κ3) is 0.782. The molecule has 3 aliphatic carbocycles. The second-order valence-corrected chi connectivity index (χ2v) is 4.94. The van der Waals surface area contributed by atoms with E-state index in [2.05, 4.69) is 25.9 Å². The zero-order valence-electron chi connectivity index (χ0n) is 8.04. The van der Waals surface area contributed by atoms with E-state index in [1.807, 2.05) is 0 Å². The van der Waals surface area contributed by atoms with Crippen LogP contribution in [0.2, 0.25) is 0 Å². The van der Waals surface area contributed by atoms with E-state index in [-0.39, 0.29) is 0 Å². The number of rotatable bonds is 0. The van der Waals surface area contributed by atoms with Gasteiger partial charge in [0.25, 0.3) is 0 Å². The summed E-state index contributed by atoms with van der Waals surface area (Å²) in [6.07, 6.45) is 2.36. The molecule has 3 aliphatic rings. The first kappa shape index (κ1) is 8.09. The maximum Gasteiger partial charge on any atom is 0.0604 e. The summed E-state index contributed by atoms with van der Waals surface area (Å²) in [6, 6.07) is 0. The summed E-state index contributed by atoms with van der Waals surface area (Å²) in [7, 11) is 0. The first-order valence-corrected chi connectivity index (χ1v) is 4.78. The van der Waals surface area contributed by atoms with E-state index in [1.54, 1.807) is 0 Å². The molecule has 0 aromatic carbocycles. The van der Waals surface area contributed by atoms with Crippen molar-refractivity contribution in [3.8, 4) is 0 Å². The molecule has 0 spiro atoms. The van der Waals surface area contributed by atoms with E-state index in [4.69, 9.17) is 5.21 Å². The van der Waals surface area contributed by atoms with E-state index in [9.17, 15) is 0 Å². The Morgan fingerprint density at radius 2 is 2.17 bits per heavy atom. The number of hydrogen-bond donors (Lipinski definition) is 1. The lowest BCUT2D eigenvalue weighted by atomic mass is 9.45. The molecule has 12 heavy (non-hydrogen) atoms. The van der Waals surface area contributed by atoms with Crippen LogP contribution in [-0.2, 0) is 0 Å². The first-order chi connectivity index (χ1) is 5.57. The fourth-order valence-corrected chi connectivity index (χ4v) is 3.05. The minimum Gasteiger partial charge on any atom is -0.411 e. The summed E-state index contributed by atoms with van der Waals surface area (Å²) in [4.78, 5) is 0. The Morgan fingerprint density at radius 1 is 1.50 bits per heavy atom. The third-order valence-corrected chi connectivity index (χ3v) is 4.26. The van der Waals surface area contributed by atoms with Crippen LogP contribution in [0.1, 0.15) is 33.6 Å². The van der Waals surface area contributed by atoms with Gasteiger partial charge in [0.1, 0.15) is 0 Å². The van der Waals surface area contributed by atoms with Gasteiger partial charge in [-0.1, -0.05) is 25.9 Å². The molecule has 0 aromatic rings. The predicted molar refractivity (Wildman–Crippen MR) is 48.4 cm³/mol. The zero-order valence-corrected chi connectivity index (χ0v) is 8.04. The Labute approximate surface area is 73.7 Å². The Morgan fingerprint density at radius 3 is 2.58 bits per heavy atom. The molecule has 0 aromatic heterocycles. The van der Waals surface area contributed by atoms with Gasteiger partial charge in [-0.2, -0.15) is 0 Å². The average molecular weight is 167 g/mol. The Hall–Kier alpha value is -0.530. The molecular formula is C10H17NO. The summed E-state index contributed by atoms with van der Waals surface area (Å²) < 4.78 is 0.